The van der Waals surface area contributed by atoms with Crippen molar-refractivity contribution in [1.82, 2.24) is 24.5 Å². The predicted octanol–water partition coefficient (Wildman–Crippen LogP) is 3.69. The van der Waals surface area contributed by atoms with E-state index < -0.39 is 0 Å². The van der Waals surface area contributed by atoms with Crippen molar-refractivity contribution in [2.24, 2.45) is 0 Å². The Hall–Kier alpha value is -3.03. The molecule has 1 saturated heterocycles. The van der Waals surface area contributed by atoms with Crippen LogP contribution in [0, 0.1) is 0 Å². The number of rotatable bonds is 5. The first kappa shape index (κ1) is 18.0. The molecule has 0 bridgehead atoms. The van der Waals surface area contributed by atoms with Crippen molar-refractivity contribution in [3.8, 4) is 11.3 Å². The molecule has 0 N–H and O–H groups in total. The number of benzene rings is 1. The number of pyridine rings is 1. The average Bonchev–Trinajstić information content (AvgIpc) is 3.35. The van der Waals surface area contributed by atoms with E-state index in [-0.39, 0.29) is 0 Å². The Labute approximate surface area is 173 Å². The molecule has 0 aliphatic carbocycles. The highest BCUT2D eigenvalue weighted by atomic mass is 32.1. The molecule has 1 aliphatic rings. The Morgan fingerprint density at radius 3 is 2.62 bits per heavy atom. The van der Waals surface area contributed by atoms with Gasteiger partial charge in [-0.3, -0.25) is 9.88 Å². The van der Waals surface area contributed by atoms with Crippen molar-refractivity contribution in [3.05, 3.63) is 72.7 Å². The molecule has 0 amide bonds. The predicted molar refractivity (Wildman–Crippen MR) is 118 cm³/mol. The maximum atomic E-state index is 4.76. The van der Waals surface area contributed by atoms with Gasteiger partial charge in [-0.15, -0.1) is 5.10 Å². The lowest BCUT2D eigenvalue weighted by Crippen LogP contribution is -2.46. The molecule has 0 saturated carbocycles. The number of fused-ring (bicyclic) bond motifs is 1. The van der Waals surface area contributed by atoms with Crippen LogP contribution in [0.25, 0.3) is 22.3 Å². The monoisotopic (exact) mass is 402 g/mol. The molecule has 146 valence electrons. The Bertz CT molecular complexity index is 1060. The highest BCUT2D eigenvalue weighted by Gasteiger charge is 2.20. The third-order valence-corrected chi connectivity index (χ3v) is 6.09. The molecule has 1 fully saturated rings. The molecule has 7 heteroatoms. The minimum atomic E-state index is 0.915. The molecule has 29 heavy (non-hydrogen) atoms. The summed E-state index contributed by atoms with van der Waals surface area (Å²) in [6.45, 7) is 5.05. The van der Waals surface area contributed by atoms with Crippen molar-refractivity contribution in [1.29, 1.82) is 0 Å². The largest absolute Gasteiger partial charge is 0.344 e. The zero-order valence-electron chi connectivity index (χ0n) is 16.1. The molecule has 0 unspecified atom stereocenters. The van der Waals surface area contributed by atoms with Crippen LogP contribution in [0.4, 0.5) is 5.13 Å². The van der Waals surface area contributed by atoms with Gasteiger partial charge in [0.15, 0.2) is 0 Å². The van der Waals surface area contributed by atoms with E-state index in [9.17, 15) is 0 Å². The summed E-state index contributed by atoms with van der Waals surface area (Å²) in [7, 11) is 0. The lowest BCUT2D eigenvalue weighted by atomic mass is 10.2. The average molecular weight is 403 g/mol. The van der Waals surface area contributed by atoms with E-state index in [1.807, 2.05) is 35.1 Å². The van der Waals surface area contributed by atoms with Gasteiger partial charge < -0.3 is 4.90 Å². The van der Waals surface area contributed by atoms with Gasteiger partial charge in [-0.2, -0.15) is 0 Å². The molecule has 3 aromatic heterocycles. The fourth-order valence-corrected chi connectivity index (χ4v) is 4.43. The van der Waals surface area contributed by atoms with E-state index in [1.165, 1.54) is 5.56 Å². The Balaban J connectivity index is 1.19. The molecule has 0 radical (unpaired) electrons. The van der Waals surface area contributed by atoms with Gasteiger partial charge in [-0.25, -0.2) is 9.50 Å². The first-order chi connectivity index (χ1) is 14.3. The van der Waals surface area contributed by atoms with Crippen LogP contribution in [-0.4, -0.2) is 57.2 Å². The first-order valence-corrected chi connectivity index (χ1v) is 10.6. The highest BCUT2D eigenvalue weighted by molar-refractivity contribution is 7.20. The van der Waals surface area contributed by atoms with E-state index >= 15 is 0 Å². The maximum absolute atomic E-state index is 4.76. The summed E-state index contributed by atoms with van der Waals surface area (Å²) in [6.07, 6.45) is 10.0. The summed E-state index contributed by atoms with van der Waals surface area (Å²) in [5.74, 6) is 0. The molecular formula is C22H22N6S. The highest BCUT2D eigenvalue weighted by Crippen LogP contribution is 2.27. The van der Waals surface area contributed by atoms with Crippen LogP contribution in [-0.2, 0) is 0 Å². The number of imidazole rings is 1. The molecule has 5 rings (SSSR count). The van der Waals surface area contributed by atoms with Gasteiger partial charge in [0.1, 0.15) is 0 Å². The summed E-state index contributed by atoms with van der Waals surface area (Å²) < 4.78 is 1.89. The second kappa shape index (κ2) is 8.14. The second-order valence-electron chi connectivity index (χ2n) is 7.08. The summed E-state index contributed by atoms with van der Waals surface area (Å²) in [5, 5.41) is 5.80. The van der Waals surface area contributed by atoms with Gasteiger partial charge in [0, 0.05) is 50.7 Å². The number of piperazine rings is 1. The van der Waals surface area contributed by atoms with E-state index in [1.54, 1.807) is 17.5 Å². The maximum Gasteiger partial charge on any atom is 0.214 e. The lowest BCUT2D eigenvalue weighted by molar-refractivity contribution is 0.284. The van der Waals surface area contributed by atoms with Crippen LogP contribution in [0.1, 0.15) is 5.56 Å². The van der Waals surface area contributed by atoms with Crippen LogP contribution >= 0.6 is 11.3 Å². The first-order valence-electron chi connectivity index (χ1n) is 9.81. The van der Waals surface area contributed by atoms with Crippen LogP contribution in [0.3, 0.4) is 0 Å². The summed E-state index contributed by atoms with van der Waals surface area (Å²) in [5.41, 5.74) is 3.19. The van der Waals surface area contributed by atoms with Crippen molar-refractivity contribution in [3.63, 3.8) is 0 Å². The van der Waals surface area contributed by atoms with E-state index in [2.05, 4.69) is 51.2 Å². The third kappa shape index (κ3) is 4.06. The summed E-state index contributed by atoms with van der Waals surface area (Å²) in [4.78, 5) is 14.6. The minimum Gasteiger partial charge on any atom is -0.344 e. The SMILES string of the molecule is C(=C\c1ccccc1)/CN1CCN(c2nn3cc(-c4cccnc4)nc3s2)CC1. The normalized spacial score (nSPS) is 15.5. The zero-order valence-corrected chi connectivity index (χ0v) is 16.9. The van der Waals surface area contributed by atoms with E-state index in [0.29, 0.717) is 0 Å². The van der Waals surface area contributed by atoms with Crippen molar-refractivity contribution >= 4 is 27.5 Å². The minimum absolute atomic E-state index is 0.915. The molecule has 0 atom stereocenters. The Kier molecular flexibility index (Phi) is 5.06. The number of hydrogen-bond donors (Lipinski definition) is 0. The molecule has 1 aliphatic heterocycles. The third-order valence-electron chi connectivity index (χ3n) is 5.11. The summed E-state index contributed by atoms with van der Waals surface area (Å²) in [6, 6.07) is 14.4. The molecule has 4 heterocycles. The van der Waals surface area contributed by atoms with Gasteiger partial charge in [0.25, 0.3) is 0 Å². The topological polar surface area (TPSA) is 49.6 Å². The number of aromatic nitrogens is 4. The van der Waals surface area contributed by atoms with Gasteiger partial charge in [-0.05, 0) is 17.7 Å². The quantitative estimate of drug-likeness (QED) is 0.510. The number of hydrogen-bond acceptors (Lipinski definition) is 6. The Morgan fingerprint density at radius 2 is 1.86 bits per heavy atom. The second-order valence-corrected chi connectivity index (χ2v) is 8.01. The molecule has 1 aromatic carbocycles. The van der Waals surface area contributed by atoms with E-state index in [4.69, 9.17) is 10.1 Å². The number of anilines is 1. The number of nitrogens with zero attached hydrogens (tertiary/aromatic N) is 6. The Morgan fingerprint density at radius 1 is 1.00 bits per heavy atom. The smallest absolute Gasteiger partial charge is 0.214 e. The fraction of sp³-hybridized carbons (Fsp3) is 0.227. The van der Waals surface area contributed by atoms with Crippen molar-refractivity contribution < 1.29 is 0 Å². The van der Waals surface area contributed by atoms with Crippen LogP contribution in [0.15, 0.2) is 67.1 Å². The van der Waals surface area contributed by atoms with Crippen LogP contribution < -0.4 is 4.90 Å². The van der Waals surface area contributed by atoms with Gasteiger partial charge in [0.05, 0.1) is 11.9 Å². The molecule has 6 nitrogen and oxygen atoms in total. The molecular weight excluding hydrogens is 380 g/mol. The summed E-state index contributed by atoms with van der Waals surface area (Å²) >= 11 is 1.65. The fourth-order valence-electron chi connectivity index (χ4n) is 3.49. The van der Waals surface area contributed by atoms with Gasteiger partial charge in [-0.1, -0.05) is 53.8 Å². The van der Waals surface area contributed by atoms with Gasteiger partial charge >= 0.3 is 0 Å². The van der Waals surface area contributed by atoms with Crippen LogP contribution in [0.2, 0.25) is 0 Å². The van der Waals surface area contributed by atoms with Crippen molar-refractivity contribution in [2.75, 3.05) is 37.6 Å². The lowest BCUT2D eigenvalue weighted by Gasteiger charge is -2.33. The molecule has 0 spiro atoms. The molecule has 4 aromatic rings. The zero-order chi connectivity index (χ0) is 19.5. The standard InChI is InChI=1S/C22H22N6S/c1-2-6-18(7-3-1)8-5-11-26-12-14-27(15-13-26)22-25-28-17-20(24-21(28)29-22)19-9-4-10-23-16-19/h1-10,16-17H,11-15H2/b8-5+. The van der Waals surface area contributed by atoms with Crippen LogP contribution in [0.5, 0.6) is 0 Å². The van der Waals surface area contributed by atoms with E-state index in [0.717, 1.165) is 54.1 Å². The van der Waals surface area contributed by atoms with Gasteiger partial charge in [0.2, 0.25) is 10.1 Å². The van der Waals surface area contributed by atoms with Crippen molar-refractivity contribution in [2.45, 2.75) is 0 Å².